The monoisotopic (exact) mass is 203 g/mol. The number of nitrogen functional groups attached to an aromatic ring is 1. The van der Waals surface area contributed by atoms with Gasteiger partial charge in [-0.1, -0.05) is 12.1 Å². The minimum atomic E-state index is 0.0260. The summed E-state index contributed by atoms with van der Waals surface area (Å²) in [5.74, 6) is 0.524. The molecule has 0 fully saturated rings. The SMILES string of the molecule is Nc1cccc(CC(=O)C2=CCCO2)c1. The number of allylic oxidation sites excluding steroid dienone is 1. The van der Waals surface area contributed by atoms with Gasteiger partial charge in [-0.25, -0.2) is 0 Å². The van der Waals surface area contributed by atoms with Crippen molar-refractivity contribution in [3.05, 3.63) is 41.7 Å². The van der Waals surface area contributed by atoms with Crippen molar-refractivity contribution >= 4 is 11.5 Å². The van der Waals surface area contributed by atoms with Crippen LogP contribution in [0.4, 0.5) is 5.69 Å². The Labute approximate surface area is 88.5 Å². The van der Waals surface area contributed by atoms with Crippen molar-refractivity contribution in [1.82, 2.24) is 0 Å². The van der Waals surface area contributed by atoms with Crippen LogP contribution < -0.4 is 5.73 Å². The number of carbonyl (C=O) groups is 1. The summed E-state index contributed by atoms with van der Waals surface area (Å²) in [6, 6.07) is 7.36. The first kappa shape index (κ1) is 9.77. The minimum absolute atomic E-state index is 0.0260. The first-order valence-corrected chi connectivity index (χ1v) is 4.96. The van der Waals surface area contributed by atoms with E-state index < -0.39 is 0 Å². The smallest absolute Gasteiger partial charge is 0.201 e. The summed E-state index contributed by atoms with van der Waals surface area (Å²) in [7, 11) is 0. The Morgan fingerprint density at radius 2 is 2.33 bits per heavy atom. The van der Waals surface area contributed by atoms with Crippen molar-refractivity contribution in [2.75, 3.05) is 12.3 Å². The summed E-state index contributed by atoms with van der Waals surface area (Å²) in [5, 5.41) is 0. The summed E-state index contributed by atoms with van der Waals surface area (Å²) in [4.78, 5) is 11.7. The molecule has 0 atom stereocenters. The number of anilines is 1. The quantitative estimate of drug-likeness (QED) is 0.760. The number of benzene rings is 1. The predicted octanol–water partition coefficient (Wildman–Crippen LogP) is 1.68. The summed E-state index contributed by atoms with van der Waals surface area (Å²) in [5.41, 5.74) is 7.24. The third-order valence-corrected chi connectivity index (χ3v) is 2.30. The zero-order valence-corrected chi connectivity index (χ0v) is 8.40. The molecule has 0 saturated carbocycles. The summed E-state index contributed by atoms with van der Waals surface area (Å²) in [6.07, 6.45) is 3.03. The second-order valence-corrected chi connectivity index (χ2v) is 3.55. The summed E-state index contributed by atoms with van der Waals surface area (Å²) < 4.78 is 5.20. The molecule has 1 aliphatic rings. The molecule has 1 aromatic carbocycles. The second kappa shape index (κ2) is 4.17. The molecule has 1 aliphatic heterocycles. The van der Waals surface area contributed by atoms with Gasteiger partial charge in [-0.3, -0.25) is 4.79 Å². The van der Waals surface area contributed by atoms with Crippen molar-refractivity contribution in [2.24, 2.45) is 0 Å². The van der Waals surface area contributed by atoms with Gasteiger partial charge in [0.25, 0.3) is 0 Å². The molecule has 1 heterocycles. The van der Waals surface area contributed by atoms with Crippen molar-refractivity contribution in [3.8, 4) is 0 Å². The van der Waals surface area contributed by atoms with Gasteiger partial charge < -0.3 is 10.5 Å². The molecule has 0 amide bonds. The molecule has 3 heteroatoms. The number of hydrogen-bond acceptors (Lipinski definition) is 3. The molecule has 0 aromatic heterocycles. The van der Waals surface area contributed by atoms with E-state index in [0.29, 0.717) is 24.5 Å². The average Bonchev–Trinajstić information content (AvgIpc) is 2.70. The van der Waals surface area contributed by atoms with E-state index in [1.54, 1.807) is 6.07 Å². The topological polar surface area (TPSA) is 52.3 Å². The Balaban J connectivity index is 2.05. The van der Waals surface area contributed by atoms with Crippen LogP contribution in [0.3, 0.4) is 0 Å². The lowest BCUT2D eigenvalue weighted by atomic mass is 10.1. The van der Waals surface area contributed by atoms with Crippen molar-refractivity contribution in [1.29, 1.82) is 0 Å². The number of Topliss-reactive ketones (excluding diaryl/α,β-unsaturated/α-hetero) is 1. The van der Waals surface area contributed by atoms with Crippen LogP contribution in [0.25, 0.3) is 0 Å². The summed E-state index contributed by atoms with van der Waals surface area (Å²) >= 11 is 0. The first-order chi connectivity index (χ1) is 7.25. The number of ether oxygens (including phenoxy) is 1. The van der Waals surface area contributed by atoms with Gasteiger partial charge in [0.15, 0.2) is 5.76 Å². The van der Waals surface area contributed by atoms with Gasteiger partial charge in [0.05, 0.1) is 6.61 Å². The highest BCUT2D eigenvalue weighted by molar-refractivity contribution is 5.95. The van der Waals surface area contributed by atoms with E-state index in [1.807, 2.05) is 24.3 Å². The molecule has 0 aliphatic carbocycles. The highest BCUT2D eigenvalue weighted by atomic mass is 16.5. The van der Waals surface area contributed by atoms with Gasteiger partial charge in [-0.2, -0.15) is 0 Å². The van der Waals surface area contributed by atoms with Crippen LogP contribution in [0, 0.1) is 0 Å². The molecule has 3 nitrogen and oxygen atoms in total. The van der Waals surface area contributed by atoms with Gasteiger partial charge in [0.1, 0.15) is 0 Å². The molecule has 78 valence electrons. The molecule has 15 heavy (non-hydrogen) atoms. The molecular weight excluding hydrogens is 190 g/mol. The average molecular weight is 203 g/mol. The fraction of sp³-hybridized carbons (Fsp3) is 0.250. The Morgan fingerprint density at radius 3 is 3.00 bits per heavy atom. The van der Waals surface area contributed by atoms with Crippen LogP contribution in [0.1, 0.15) is 12.0 Å². The highest BCUT2D eigenvalue weighted by Crippen LogP contribution is 2.14. The fourth-order valence-electron chi connectivity index (χ4n) is 1.59. The van der Waals surface area contributed by atoms with E-state index in [2.05, 4.69) is 0 Å². The lowest BCUT2D eigenvalue weighted by molar-refractivity contribution is -0.117. The van der Waals surface area contributed by atoms with Gasteiger partial charge in [-0.15, -0.1) is 0 Å². The molecule has 0 unspecified atom stereocenters. The predicted molar refractivity (Wildman–Crippen MR) is 58.2 cm³/mol. The van der Waals surface area contributed by atoms with Crippen LogP contribution in [0.15, 0.2) is 36.1 Å². The Hall–Kier alpha value is -1.77. The van der Waals surface area contributed by atoms with Gasteiger partial charge in [0, 0.05) is 18.5 Å². The molecule has 2 rings (SSSR count). The molecule has 1 aromatic rings. The van der Waals surface area contributed by atoms with Crippen LogP contribution in [-0.2, 0) is 16.0 Å². The lowest BCUT2D eigenvalue weighted by Gasteiger charge is -2.03. The zero-order chi connectivity index (χ0) is 10.7. The van der Waals surface area contributed by atoms with E-state index in [4.69, 9.17) is 10.5 Å². The zero-order valence-electron chi connectivity index (χ0n) is 8.40. The molecule has 2 N–H and O–H groups in total. The molecule has 0 saturated heterocycles. The molecular formula is C12H13NO2. The maximum absolute atomic E-state index is 11.7. The van der Waals surface area contributed by atoms with E-state index in [-0.39, 0.29) is 5.78 Å². The fourth-order valence-corrected chi connectivity index (χ4v) is 1.59. The normalized spacial score (nSPS) is 14.5. The maximum Gasteiger partial charge on any atom is 0.201 e. The van der Waals surface area contributed by atoms with Crippen molar-refractivity contribution in [2.45, 2.75) is 12.8 Å². The lowest BCUT2D eigenvalue weighted by Crippen LogP contribution is -2.07. The number of nitrogens with two attached hydrogens (primary N) is 1. The Kier molecular flexibility index (Phi) is 2.72. The van der Waals surface area contributed by atoms with Gasteiger partial charge in [-0.05, 0) is 23.8 Å². The van der Waals surface area contributed by atoms with E-state index in [1.165, 1.54) is 0 Å². The largest absolute Gasteiger partial charge is 0.490 e. The standard InChI is InChI=1S/C12H13NO2/c13-10-4-1-3-9(7-10)8-11(14)12-5-2-6-15-12/h1,3-5,7H,2,6,8,13H2. The van der Waals surface area contributed by atoms with Gasteiger partial charge in [0.2, 0.25) is 5.78 Å². The third-order valence-electron chi connectivity index (χ3n) is 2.30. The highest BCUT2D eigenvalue weighted by Gasteiger charge is 2.15. The van der Waals surface area contributed by atoms with E-state index >= 15 is 0 Å². The summed E-state index contributed by atoms with van der Waals surface area (Å²) in [6.45, 7) is 0.623. The Bertz CT molecular complexity index is 410. The van der Waals surface area contributed by atoms with Crippen LogP contribution in [0.2, 0.25) is 0 Å². The second-order valence-electron chi connectivity index (χ2n) is 3.55. The Morgan fingerprint density at radius 1 is 1.47 bits per heavy atom. The minimum Gasteiger partial charge on any atom is -0.490 e. The van der Waals surface area contributed by atoms with Crippen molar-refractivity contribution < 1.29 is 9.53 Å². The maximum atomic E-state index is 11.7. The number of rotatable bonds is 3. The molecule has 0 spiro atoms. The van der Waals surface area contributed by atoms with Crippen molar-refractivity contribution in [3.63, 3.8) is 0 Å². The van der Waals surface area contributed by atoms with E-state index in [0.717, 1.165) is 12.0 Å². The number of carbonyl (C=O) groups excluding carboxylic acids is 1. The van der Waals surface area contributed by atoms with Crippen LogP contribution in [-0.4, -0.2) is 12.4 Å². The number of ketones is 1. The molecule has 0 bridgehead atoms. The number of hydrogen-bond donors (Lipinski definition) is 1. The van der Waals surface area contributed by atoms with E-state index in [9.17, 15) is 4.79 Å². The first-order valence-electron chi connectivity index (χ1n) is 4.96. The van der Waals surface area contributed by atoms with Crippen LogP contribution in [0.5, 0.6) is 0 Å². The molecule has 0 radical (unpaired) electrons. The van der Waals surface area contributed by atoms with Crippen LogP contribution >= 0.6 is 0 Å². The third kappa shape index (κ3) is 2.37. The van der Waals surface area contributed by atoms with Gasteiger partial charge >= 0.3 is 0 Å².